The van der Waals surface area contributed by atoms with E-state index in [1.807, 2.05) is 0 Å². The van der Waals surface area contributed by atoms with Gasteiger partial charge in [-0.3, -0.25) is 4.79 Å². The van der Waals surface area contributed by atoms with Gasteiger partial charge in [-0.05, 0) is 23.9 Å². The number of amides is 1. The number of primary amides is 1. The Morgan fingerprint density at radius 3 is 2.85 bits per heavy atom. The Bertz CT molecular complexity index is 304. The molecule has 0 aliphatic heterocycles. The summed E-state index contributed by atoms with van der Waals surface area (Å²) in [5, 5.41) is 11.7. The van der Waals surface area contributed by atoms with E-state index in [1.165, 1.54) is 0 Å². The van der Waals surface area contributed by atoms with E-state index in [2.05, 4.69) is 5.32 Å². The first-order valence-corrected chi connectivity index (χ1v) is 4.63. The molecule has 0 saturated heterocycles. The van der Waals surface area contributed by atoms with Gasteiger partial charge in [0.05, 0.1) is 11.6 Å². The first-order chi connectivity index (χ1) is 6.20. The molecule has 0 aliphatic carbocycles. The predicted molar refractivity (Wildman–Crippen MR) is 53.8 cm³/mol. The van der Waals surface area contributed by atoms with Crippen molar-refractivity contribution in [3.05, 3.63) is 24.3 Å². The van der Waals surface area contributed by atoms with Crippen LogP contribution in [0.2, 0.25) is 0 Å². The molecule has 13 heavy (non-hydrogen) atoms. The molecule has 5 heteroatoms. The van der Waals surface area contributed by atoms with Gasteiger partial charge < -0.3 is 16.2 Å². The molecular formula is C8H10N2O2S. The van der Waals surface area contributed by atoms with Gasteiger partial charge in [0.2, 0.25) is 0 Å². The van der Waals surface area contributed by atoms with Crippen molar-refractivity contribution in [1.82, 2.24) is 0 Å². The molecule has 1 aromatic rings. The van der Waals surface area contributed by atoms with Crippen LogP contribution in [-0.2, 0) is 0 Å². The normalized spacial score (nSPS) is 9.54. The molecule has 0 heterocycles. The molecule has 0 atom stereocenters. The molecule has 4 N–H and O–H groups in total. The maximum Gasteiger partial charge on any atom is 0.278 e. The van der Waals surface area contributed by atoms with Crippen LogP contribution in [0.15, 0.2) is 24.3 Å². The van der Waals surface area contributed by atoms with E-state index in [9.17, 15) is 9.90 Å². The number of phenolic OH excluding ortho intramolecular Hbond substituents is 1. The first kappa shape index (κ1) is 9.73. The highest BCUT2D eigenvalue weighted by atomic mass is 32.2. The minimum absolute atomic E-state index is 0.160. The molecule has 1 amide bonds. The summed E-state index contributed by atoms with van der Waals surface area (Å²) in [7, 11) is 0. The summed E-state index contributed by atoms with van der Waals surface area (Å²) in [4.78, 5) is 10.4. The number of hydrogen-bond donors (Lipinski definition) is 3. The highest BCUT2D eigenvalue weighted by molar-refractivity contribution is 8.13. The van der Waals surface area contributed by atoms with Crippen LogP contribution in [0.3, 0.4) is 0 Å². The monoisotopic (exact) mass is 198 g/mol. The number of hydrogen-bond acceptors (Lipinski definition) is 4. The zero-order valence-corrected chi connectivity index (χ0v) is 7.67. The Labute approximate surface area is 80.1 Å². The van der Waals surface area contributed by atoms with Gasteiger partial charge >= 0.3 is 0 Å². The topological polar surface area (TPSA) is 75.4 Å². The van der Waals surface area contributed by atoms with Gasteiger partial charge in [0.1, 0.15) is 5.75 Å². The van der Waals surface area contributed by atoms with Crippen molar-refractivity contribution in [1.29, 1.82) is 0 Å². The number of para-hydroxylation sites is 2. The number of anilines is 1. The summed E-state index contributed by atoms with van der Waals surface area (Å²) in [5.74, 6) is 0.514. The van der Waals surface area contributed by atoms with Crippen LogP contribution in [0.4, 0.5) is 10.5 Å². The van der Waals surface area contributed by atoms with Crippen molar-refractivity contribution in [2.45, 2.75) is 0 Å². The van der Waals surface area contributed by atoms with Gasteiger partial charge in [-0.1, -0.05) is 12.1 Å². The molecular weight excluding hydrogens is 188 g/mol. The van der Waals surface area contributed by atoms with Gasteiger partial charge in [0.25, 0.3) is 5.24 Å². The fourth-order valence-electron chi connectivity index (χ4n) is 0.808. The molecule has 4 nitrogen and oxygen atoms in total. The van der Waals surface area contributed by atoms with E-state index in [0.29, 0.717) is 11.6 Å². The number of carbonyl (C=O) groups excluding carboxylic acids is 1. The van der Waals surface area contributed by atoms with Gasteiger partial charge in [-0.25, -0.2) is 0 Å². The smallest absolute Gasteiger partial charge is 0.278 e. The summed E-state index contributed by atoms with van der Waals surface area (Å²) >= 11 is 0.951. The Morgan fingerprint density at radius 2 is 2.23 bits per heavy atom. The van der Waals surface area contributed by atoms with Crippen molar-refractivity contribution < 1.29 is 9.90 Å². The first-order valence-electron chi connectivity index (χ1n) is 3.64. The number of phenols is 1. The highest BCUT2D eigenvalue weighted by Gasteiger charge is 1.98. The Morgan fingerprint density at radius 1 is 1.54 bits per heavy atom. The van der Waals surface area contributed by atoms with Crippen molar-refractivity contribution in [2.24, 2.45) is 5.73 Å². The summed E-state index contributed by atoms with van der Waals surface area (Å²) in [5.41, 5.74) is 5.51. The van der Waals surface area contributed by atoms with E-state index in [-0.39, 0.29) is 5.75 Å². The lowest BCUT2D eigenvalue weighted by Gasteiger charge is -2.05. The van der Waals surface area contributed by atoms with E-state index >= 15 is 0 Å². The number of rotatable bonds is 3. The van der Waals surface area contributed by atoms with Crippen LogP contribution in [0, 0.1) is 0 Å². The number of nitrogens with two attached hydrogens (primary N) is 1. The van der Waals surface area contributed by atoms with Gasteiger partial charge in [-0.15, -0.1) is 0 Å². The number of aromatic hydroxyl groups is 1. The lowest BCUT2D eigenvalue weighted by atomic mass is 10.3. The molecule has 0 spiro atoms. The zero-order valence-electron chi connectivity index (χ0n) is 6.86. The van der Waals surface area contributed by atoms with Crippen molar-refractivity contribution in [2.75, 3.05) is 11.2 Å². The van der Waals surface area contributed by atoms with Crippen LogP contribution in [0.5, 0.6) is 5.75 Å². The Hall–Kier alpha value is -1.36. The van der Waals surface area contributed by atoms with E-state index in [4.69, 9.17) is 5.73 Å². The maximum atomic E-state index is 10.4. The minimum atomic E-state index is -0.442. The van der Waals surface area contributed by atoms with E-state index in [1.54, 1.807) is 24.3 Å². The third kappa shape index (κ3) is 3.25. The fourth-order valence-corrected chi connectivity index (χ4v) is 1.18. The van der Waals surface area contributed by atoms with Gasteiger partial charge in [0.15, 0.2) is 0 Å². The van der Waals surface area contributed by atoms with Crippen LogP contribution >= 0.6 is 11.8 Å². The van der Waals surface area contributed by atoms with Crippen molar-refractivity contribution >= 4 is 22.7 Å². The third-order valence-electron chi connectivity index (χ3n) is 1.38. The maximum absolute atomic E-state index is 10.4. The highest BCUT2D eigenvalue weighted by Crippen LogP contribution is 2.21. The van der Waals surface area contributed by atoms with Gasteiger partial charge in [0, 0.05) is 0 Å². The van der Waals surface area contributed by atoms with E-state index < -0.39 is 5.24 Å². The molecule has 0 aliphatic rings. The third-order valence-corrected chi connectivity index (χ3v) is 1.95. The Balaban J connectivity index is 2.45. The lowest BCUT2D eigenvalue weighted by molar-refractivity contribution is 0.267. The van der Waals surface area contributed by atoms with Crippen molar-refractivity contribution in [3.63, 3.8) is 0 Å². The summed E-state index contributed by atoms with van der Waals surface area (Å²) < 4.78 is 0. The molecule has 0 radical (unpaired) electrons. The summed E-state index contributed by atoms with van der Waals surface area (Å²) in [6, 6.07) is 6.80. The van der Waals surface area contributed by atoms with Crippen molar-refractivity contribution in [3.8, 4) is 5.75 Å². The molecule has 1 rings (SSSR count). The Kier molecular flexibility index (Phi) is 3.45. The lowest BCUT2D eigenvalue weighted by Crippen LogP contribution is -2.07. The SMILES string of the molecule is NC(=O)SCNc1ccccc1O. The largest absolute Gasteiger partial charge is 0.506 e. The predicted octanol–water partition coefficient (Wildman–Crippen LogP) is 1.57. The van der Waals surface area contributed by atoms with Crippen LogP contribution in [0.1, 0.15) is 0 Å². The van der Waals surface area contributed by atoms with Crippen LogP contribution in [0.25, 0.3) is 0 Å². The second kappa shape index (κ2) is 4.61. The van der Waals surface area contributed by atoms with Crippen LogP contribution in [-0.4, -0.2) is 16.2 Å². The average molecular weight is 198 g/mol. The summed E-state index contributed by atoms with van der Waals surface area (Å²) in [6.07, 6.45) is 0. The molecule has 0 saturated carbocycles. The second-order valence-corrected chi connectivity index (χ2v) is 3.28. The number of benzene rings is 1. The standard InChI is InChI=1S/C8H10N2O2S/c9-8(12)13-5-10-6-3-1-2-4-7(6)11/h1-4,10-11H,5H2,(H2,9,12). The molecule has 0 unspecified atom stereocenters. The molecule has 1 aromatic carbocycles. The summed E-state index contributed by atoms with van der Waals surface area (Å²) in [6.45, 7) is 0. The number of nitrogens with one attached hydrogen (secondary N) is 1. The van der Waals surface area contributed by atoms with Gasteiger partial charge in [-0.2, -0.15) is 0 Å². The number of carbonyl (C=O) groups is 1. The average Bonchev–Trinajstić information content (AvgIpc) is 2.08. The number of thioether (sulfide) groups is 1. The molecule has 0 fully saturated rings. The fraction of sp³-hybridized carbons (Fsp3) is 0.125. The quantitative estimate of drug-likeness (QED) is 0.509. The zero-order chi connectivity index (χ0) is 9.68. The molecule has 70 valence electrons. The minimum Gasteiger partial charge on any atom is -0.506 e. The molecule has 0 aromatic heterocycles. The molecule has 0 bridgehead atoms. The van der Waals surface area contributed by atoms with Crippen LogP contribution < -0.4 is 11.1 Å². The second-order valence-electron chi connectivity index (χ2n) is 2.30. The van der Waals surface area contributed by atoms with E-state index in [0.717, 1.165) is 11.8 Å².